The number of hydrogen-bond acceptors (Lipinski definition) is 6. The quantitative estimate of drug-likeness (QED) is 0.460. The predicted molar refractivity (Wildman–Crippen MR) is 70.5 cm³/mol. The number of methoxy groups -OCH3 is 1. The Balaban J connectivity index is 2.15. The highest BCUT2D eigenvalue weighted by molar-refractivity contribution is 5.77. The third kappa shape index (κ3) is 2.88. The van der Waals surface area contributed by atoms with E-state index in [2.05, 4.69) is 0 Å². The van der Waals surface area contributed by atoms with Crippen molar-refractivity contribution in [3.05, 3.63) is 33.9 Å². The van der Waals surface area contributed by atoms with Crippen molar-refractivity contribution in [2.45, 2.75) is 19.0 Å². The number of carbonyl (C=O) groups excluding carboxylic acids is 1. The van der Waals surface area contributed by atoms with Crippen LogP contribution in [-0.2, 0) is 16.1 Å². The summed E-state index contributed by atoms with van der Waals surface area (Å²) in [5, 5.41) is 11.0. The van der Waals surface area contributed by atoms with Crippen molar-refractivity contribution in [2.24, 2.45) is 0 Å². The Labute approximate surface area is 116 Å². The summed E-state index contributed by atoms with van der Waals surface area (Å²) in [6, 6.07) is 4.50. The van der Waals surface area contributed by atoms with Crippen LogP contribution in [0.4, 0.5) is 5.69 Å². The molecular weight excluding hydrogens is 264 g/mol. The molecular formula is C13H16N2O5. The molecule has 0 bridgehead atoms. The van der Waals surface area contributed by atoms with Gasteiger partial charge in [0.1, 0.15) is 6.04 Å². The van der Waals surface area contributed by atoms with E-state index in [4.69, 9.17) is 9.47 Å². The van der Waals surface area contributed by atoms with Crippen LogP contribution in [0.5, 0.6) is 5.75 Å². The third-order valence-corrected chi connectivity index (χ3v) is 3.31. The maximum Gasteiger partial charge on any atom is 0.323 e. The van der Waals surface area contributed by atoms with Crippen molar-refractivity contribution in [3.63, 3.8) is 0 Å². The van der Waals surface area contributed by atoms with Crippen LogP contribution in [-0.4, -0.2) is 42.6 Å². The summed E-state index contributed by atoms with van der Waals surface area (Å²) < 4.78 is 9.87. The van der Waals surface area contributed by atoms with Gasteiger partial charge < -0.3 is 9.47 Å². The number of cyclic esters (lactones) is 1. The van der Waals surface area contributed by atoms with Crippen molar-refractivity contribution in [2.75, 3.05) is 20.8 Å². The minimum Gasteiger partial charge on any atom is -0.490 e. The molecule has 0 N–H and O–H groups in total. The summed E-state index contributed by atoms with van der Waals surface area (Å²) >= 11 is 0. The third-order valence-electron chi connectivity index (χ3n) is 3.31. The summed E-state index contributed by atoms with van der Waals surface area (Å²) in [5.74, 6) is -0.0165. The van der Waals surface area contributed by atoms with Gasteiger partial charge in [0.25, 0.3) is 0 Å². The van der Waals surface area contributed by atoms with Crippen molar-refractivity contribution in [3.8, 4) is 5.75 Å². The van der Waals surface area contributed by atoms with Crippen molar-refractivity contribution < 1.29 is 19.2 Å². The molecule has 1 aromatic rings. The topological polar surface area (TPSA) is 81.9 Å². The number of likely N-dealkylation sites (N-methyl/N-ethyl adjacent to an activating group) is 1. The zero-order valence-corrected chi connectivity index (χ0v) is 11.4. The zero-order valence-electron chi connectivity index (χ0n) is 11.4. The molecule has 0 spiro atoms. The number of nitrogens with zero attached hydrogens (tertiary/aromatic N) is 2. The van der Waals surface area contributed by atoms with Crippen molar-refractivity contribution in [1.29, 1.82) is 0 Å². The van der Waals surface area contributed by atoms with Crippen molar-refractivity contribution >= 4 is 11.7 Å². The van der Waals surface area contributed by atoms with E-state index in [1.54, 1.807) is 19.2 Å². The van der Waals surface area contributed by atoms with E-state index in [-0.39, 0.29) is 23.4 Å². The van der Waals surface area contributed by atoms with Gasteiger partial charge in [-0.05, 0) is 18.7 Å². The normalized spacial score (nSPS) is 18.1. The van der Waals surface area contributed by atoms with Crippen molar-refractivity contribution in [1.82, 2.24) is 4.90 Å². The Morgan fingerprint density at radius 2 is 2.30 bits per heavy atom. The van der Waals surface area contributed by atoms with Gasteiger partial charge in [-0.3, -0.25) is 19.8 Å². The van der Waals surface area contributed by atoms with E-state index in [0.717, 1.165) is 5.56 Å². The second-order valence-electron chi connectivity index (χ2n) is 4.65. The molecule has 1 aromatic carbocycles. The Bertz CT molecular complexity index is 531. The van der Waals surface area contributed by atoms with Gasteiger partial charge in [0.15, 0.2) is 5.75 Å². The lowest BCUT2D eigenvalue weighted by molar-refractivity contribution is -0.385. The van der Waals surface area contributed by atoms with Crippen LogP contribution in [0, 0.1) is 10.1 Å². The highest BCUT2D eigenvalue weighted by Crippen LogP contribution is 2.28. The first-order chi connectivity index (χ1) is 9.52. The maximum absolute atomic E-state index is 11.5. The summed E-state index contributed by atoms with van der Waals surface area (Å²) in [6.45, 7) is 0.862. The average molecular weight is 280 g/mol. The first-order valence-corrected chi connectivity index (χ1v) is 6.21. The number of nitro groups is 1. The first kappa shape index (κ1) is 14.3. The molecule has 7 nitrogen and oxygen atoms in total. The minimum atomic E-state index is -0.480. The van der Waals surface area contributed by atoms with Gasteiger partial charge in [0, 0.05) is 19.0 Å². The number of nitro benzene ring substituents is 1. The molecule has 0 radical (unpaired) electrons. The molecule has 1 aliphatic heterocycles. The van der Waals surface area contributed by atoms with Gasteiger partial charge >= 0.3 is 11.7 Å². The molecule has 1 heterocycles. The molecule has 1 aliphatic rings. The van der Waals surface area contributed by atoms with Gasteiger partial charge in [-0.15, -0.1) is 0 Å². The standard InChI is InChI=1S/C13H16N2O5/c1-14(10-5-6-20-13(10)16)8-9-3-4-12(19-2)11(7-9)15(17)18/h3-4,7,10H,5-6,8H2,1-2H3. The van der Waals surface area contributed by atoms with Crippen LogP contribution >= 0.6 is 0 Å². The van der Waals surface area contributed by atoms with Crippen LogP contribution in [0.1, 0.15) is 12.0 Å². The minimum absolute atomic E-state index is 0.0765. The van der Waals surface area contributed by atoms with E-state index in [1.807, 2.05) is 4.90 Å². The largest absolute Gasteiger partial charge is 0.490 e. The van der Waals surface area contributed by atoms with Gasteiger partial charge in [-0.1, -0.05) is 6.07 Å². The molecule has 1 fully saturated rings. The molecule has 1 atom stereocenters. The number of rotatable bonds is 5. The van der Waals surface area contributed by atoms with Crippen LogP contribution < -0.4 is 4.74 Å². The lowest BCUT2D eigenvalue weighted by Gasteiger charge is -2.20. The van der Waals surface area contributed by atoms with Crippen LogP contribution in [0.15, 0.2) is 18.2 Å². The summed E-state index contributed by atoms with van der Waals surface area (Å²) in [7, 11) is 3.19. The molecule has 0 aromatic heterocycles. The number of ether oxygens (including phenoxy) is 2. The lowest BCUT2D eigenvalue weighted by atomic mass is 10.1. The van der Waals surface area contributed by atoms with Gasteiger partial charge in [0.2, 0.25) is 0 Å². The second-order valence-corrected chi connectivity index (χ2v) is 4.65. The fourth-order valence-corrected chi connectivity index (χ4v) is 2.26. The summed E-state index contributed by atoms with van der Waals surface area (Å²) in [5.41, 5.74) is 0.673. The van der Waals surface area contributed by atoms with Gasteiger partial charge in [0.05, 0.1) is 18.6 Å². The molecule has 20 heavy (non-hydrogen) atoms. The molecule has 0 amide bonds. The number of benzene rings is 1. The van der Waals surface area contributed by atoms with E-state index in [9.17, 15) is 14.9 Å². The average Bonchev–Trinajstić information content (AvgIpc) is 2.85. The number of hydrogen-bond donors (Lipinski definition) is 0. The predicted octanol–water partition coefficient (Wildman–Crippen LogP) is 1.35. The molecule has 1 saturated heterocycles. The van der Waals surface area contributed by atoms with Gasteiger partial charge in [-0.2, -0.15) is 0 Å². The smallest absolute Gasteiger partial charge is 0.323 e. The Morgan fingerprint density at radius 1 is 1.55 bits per heavy atom. The zero-order chi connectivity index (χ0) is 14.7. The van der Waals surface area contributed by atoms with Crippen LogP contribution in [0.25, 0.3) is 0 Å². The lowest BCUT2D eigenvalue weighted by Crippen LogP contribution is -2.34. The molecule has 108 valence electrons. The fourth-order valence-electron chi connectivity index (χ4n) is 2.26. The van der Waals surface area contributed by atoms with E-state index >= 15 is 0 Å². The van der Waals surface area contributed by atoms with E-state index < -0.39 is 4.92 Å². The van der Waals surface area contributed by atoms with Crippen LogP contribution in [0.3, 0.4) is 0 Å². The number of carbonyl (C=O) groups is 1. The number of esters is 1. The van der Waals surface area contributed by atoms with E-state index in [1.165, 1.54) is 13.2 Å². The highest BCUT2D eigenvalue weighted by atomic mass is 16.6. The summed E-state index contributed by atoms with van der Waals surface area (Å²) in [4.78, 5) is 23.8. The Hall–Kier alpha value is -2.15. The van der Waals surface area contributed by atoms with Crippen LogP contribution in [0.2, 0.25) is 0 Å². The summed E-state index contributed by atoms with van der Waals surface area (Å²) in [6.07, 6.45) is 0.646. The second kappa shape index (κ2) is 5.87. The Morgan fingerprint density at radius 3 is 2.85 bits per heavy atom. The fraction of sp³-hybridized carbons (Fsp3) is 0.462. The first-order valence-electron chi connectivity index (χ1n) is 6.21. The molecule has 0 saturated carbocycles. The highest BCUT2D eigenvalue weighted by Gasteiger charge is 2.30. The van der Waals surface area contributed by atoms with Gasteiger partial charge in [-0.25, -0.2) is 0 Å². The Kier molecular flexibility index (Phi) is 4.19. The SMILES string of the molecule is COc1ccc(CN(C)C2CCOC2=O)cc1[N+](=O)[O-]. The molecule has 2 rings (SSSR count). The van der Waals surface area contributed by atoms with E-state index in [0.29, 0.717) is 19.6 Å². The molecule has 0 aliphatic carbocycles. The maximum atomic E-state index is 11.5. The molecule has 1 unspecified atom stereocenters. The monoisotopic (exact) mass is 280 g/mol. The molecule has 7 heteroatoms.